The van der Waals surface area contributed by atoms with Gasteiger partial charge in [0.1, 0.15) is 11.5 Å². The Bertz CT molecular complexity index is 602. The summed E-state index contributed by atoms with van der Waals surface area (Å²) in [5.41, 5.74) is 1.99. The van der Waals surface area contributed by atoms with Crippen molar-refractivity contribution in [3.05, 3.63) is 47.9 Å². The number of nitrogens with zero attached hydrogens (tertiary/aromatic N) is 4. The summed E-state index contributed by atoms with van der Waals surface area (Å²) in [6, 6.07) is 10.3. The summed E-state index contributed by atoms with van der Waals surface area (Å²) in [6.07, 6.45) is 1.82. The summed E-state index contributed by atoms with van der Waals surface area (Å²) in [7, 11) is 3.95. The number of anilines is 1. The molecular weight excluding hydrogens is 238 g/mol. The van der Waals surface area contributed by atoms with E-state index in [1.165, 1.54) is 5.56 Å². The molecule has 0 aliphatic carbocycles. The lowest BCUT2D eigenvalue weighted by atomic mass is 10.2. The molecule has 0 spiro atoms. The zero-order valence-corrected chi connectivity index (χ0v) is 11.2. The van der Waals surface area contributed by atoms with Gasteiger partial charge in [-0.15, -0.1) is 0 Å². The molecule has 0 saturated heterocycles. The van der Waals surface area contributed by atoms with Crippen LogP contribution in [0.5, 0.6) is 0 Å². The van der Waals surface area contributed by atoms with Crippen molar-refractivity contribution in [3.8, 4) is 0 Å². The van der Waals surface area contributed by atoms with E-state index in [1.54, 1.807) is 0 Å². The van der Waals surface area contributed by atoms with Crippen molar-refractivity contribution >= 4 is 11.7 Å². The van der Waals surface area contributed by atoms with Gasteiger partial charge >= 0.3 is 0 Å². The zero-order valence-electron chi connectivity index (χ0n) is 11.2. The Morgan fingerprint density at radius 1 is 1.16 bits per heavy atom. The van der Waals surface area contributed by atoms with Crippen molar-refractivity contribution in [2.75, 3.05) is 25.7 Å². The standard InChI is InChI=1S/C14H17N5/c1-17-10-18(2)14-12(13(17)15)16-9-19(14)8-11-6-4-3-5-7-11/h3-7,9,15H,8,10H2,1-2H3. The van der Waals surface area contributed by atoms with Gasteiger partial charge in [-0.05, 0) is 5.56 Å². The van der Waals surface area contributed by atoms with E-state index in [9.17, 15) is 0 Å². The van der Waals surface area contributed by atoms with Gasteiger partial charge in [-0.25, -0.2) is 4.98 Å². The van der Waals surface area contributed by atoms with Crippen LogP contribution in [0.15, 0.2) is 36.7 Å². The summed E-state index contributed by atoms with van der Waals surface area (Å²) in [5, 5.41) is 8.08. The number of benzene rings is 1. The molecule has 3 rings (SSSR count). The summed E-state index contributed by atoms with van der Waals surface area (Å²) in [4.78, 5) is 8.41. The van der Waals surface area contributed by atoms with Crippen LogP contribution in [-0.4, -0.2) is 41.1 Å². The quantitative estimate of drug-likeness (QED) is 0.886. The van der Waals surface area contributed by atoms with E-state index in [0.29, 0.717) is 12.5 Å². The Kier molecular flexibility index (Phi) is 2.74. The van der Waals surface area contributed by atoms with E-state index in [2.05, 4.69) is 26.6 Å². The largest absolute Gasteiger partial charge is 0.341 e. The second kappa shape index (κ2) is 4.42. The molecule has 0 saturated carbocycles. The molecule has 1 aromatic carbocycles. The van der Waals surface area contributed by atoms with Crippen molar-refractivity contribution in [1.82, 2.24) is 14.5 Å². The fourth-order valence-electron chi connectivity index (χ4n) is 2.48. The number of hydrogen-bond acceptors (Lipinski definition) is 3. The lowest BCUT2D eigenvalue weighted by molar-refractivity contribution is 0.484. The first-order chi connectivity index (χ1) is 9.16. The molecule has 0 atom stereocenters. The summed E-state index contributed by atoms with van der Waals surface area (Å²) in [5.74, 6) is 1.51. The summed E-state index contributed by atoms with van der Waals surface area (Å²) >= 11 is 0. The van der Waals surface area contributed by atoms with Crippen LogP contribution in [0.2, 0.25) is 0 Å². The van der Waals surface area contributed by atoms with Crippen LogP contribution in [0.1, 0.15) is 11.3 Å². The first-order valence-corrected chi connectivity index (χ1v) is 6.27. The Hall–Kier alpha value is -2.30. The molecule has 0 fully saturated rings. The lowest BCUT2D eigenvalue weighted by Gasteiger charge is -2.33. The van der Waals surface area contributed by atoms with Gasteiger partial charge in [0, 0.05) is 14.1 Å². The Labute approximate surface area is 112 Å². The van der Waals surface area contributed by atoms with Crippen LogP contribution >= 0.6 is 0 Å². The third-order valence-corrected chi connectivity index (χ3v) is 3.40. The molecular formula is C14H17N5. The summed E-state index contributed by atoms with van der Waals surface area (Å²) in [6.45, 7) is 1.50. The number of rotatable bonds is 2. The third-order valence-electron chi connectivity index (χ3n) is 3.40. The van der Waals surface area contributed by atoms with Crippen molar-refractivity contribution in [1.29, 1.82) is 5.41 Å². The zero-order chi connectivity index (χ0) is 13.4. The highest BCUT2D eigenvalue weighted by Crippen LogP contribution is 2.25. The minimum Gasteiger partial charge on any atom is -0.341 e. The number of aromatic nitrogens is 2. The minimum absolute atomic E-state index is 0.486. The number of imidazole rings is 1. The maximum atomic E-state index is 8.08. The molecule has 0 radical (unpaired) electrons. The van der Waals surface area contributed by atoms with E-state index in [1.807, 2.05) is 43.5 Å². The fourth-order valence-corrected chi connectivity index (χ4v) is 2.48. The number of fused-ring (bicyclic) bond motifs is 1. The average molecular weight is 255 g/mol. The molecule has 2 heterocycles. The minimum atomic E-state index is 0.486. The first-order valence-electron chi connectivity index (χ1n) is 6.27. The molecule has 5 nitrogen and oxygen atoms in total. The molecule has 2 aromatic rings. The predicted molar refractivity (Wildman–Crippen MR) is 75.6 cm³/mol. The topological polar surface area (TPSA) is 48.2 Å². The van der Waals surface area contributed by atoms with Crippen LogP contribution in [0, 0.1) is 5.41 Å². The lowest BCUT2D eigenvalue weighted by Crippen LogP contribution is -2.43. The fraction of sp³-hybridized carbons (Fsp3) is 0.286. The van der Waals surface area contributed by atoms with Crippen LogP contribution in [0.3, 0.4) is 0 Å². The number of hydrogen-bond donors (Lipinski definition) is 1. The van der Waals surface area contributed by atoms with Crippen LogP contribution < -0.4 is 4.90 Å². The Morgan fingerprint density at radius 2 is 1.89 bits per heavy atom. The highest BCUT2D eigenvalue weighted by atomic mass is 15.4. The van der Waals surface area contributed by atoms with Crippen LogP contribution in [-0.2, 0) is 6.54 Å². The van der Waals surface area contributed by atoms with Crippen molar-refractivity contribution in [2.45, 2.75) is 6.54 Å². The highest BCUT2D eigenvalue weighted by Gasteiger charge is 2.26. The summed E-state index contributed by atoms with van der Waals surface area (Å²) < 4.78 is 2.10. The smallest absolute Gasteiger partial charge is 0.152 e. The monoisotopic (exact) mass is 255 g/mol. The second-order valence-corrected chi connectivity index (χ2v) is 4.92. The van der Waals surface area contributed by atoms with Crippen molar-refractivity contribution < 1.29 is 0 Å². The maximum Gasteiger partial charge on any atom is 0.152 e. The molecule has 1 aliphatic heterocycles. The average Bonchev–Trinajstić information content (AvgIpc) is 2.82. The SMILES string of the molecule is CN1CN(C)c2c(ncn2Cc2ccccc2)C1=N. The van der Waals surface area contributed by atoms with Gasteiger partial charge in [-0.3, -0.25) is 5.41 Å². The first kappa shape index (κ1) is 11.8. The molecule has 0 amide bonds. The van der Waals surface area contributed by atoms with Crippen LogP contribution in [0.4, 0.5) is 5.82 Å². The number of amidine groups is 1. The Balaban J connectivity index is 1.97. The van der Waals surface area contributed by atoms with Gasteiger partial charge < -0.3 is 14.4 Å². The molecule has 5 heteroatoms. The molecule has 19 heavy (non-hydrogen) atoms. The van der Waals surface area contributed by atoms with E-state index in [4.69, 9.17) is 5.41 Å². The van der Waals surface area contributed by atoms with E-state index in [0.717, 1.165) is 18.1 Å². The third kappa shape index (κ3) is 1.97. The molecule has 1 N–H and O–H groups in total. The number of nitrogens with one attached hydrogen (secondary N) is 1. The van der Waals surface area contributed by atoms with Gasteiger partial charge in [0.15, 0.2) is 5.84 Å². The van der Waals surface area contributed by atoms with Gasteiger partial charge in [0.05, 0.1) is 19.5 Å². The predicted octanol–water partition coefficient (Wildman–Crippen LogP) is 1.60. The van der Waals surface area contributed by atoms with Crippen LogP contribution in [0.25, 0.3) is 0 Å². The van der Waals surface area contributed by atoms with Crippen molar-refractivity contribution in [2.24, 2.45) is 0 Å². The van der Waals surface area contributed by atoms with Gasteiger partial charge in [0.2, 0.25) is 0 Å². The molecule has 0 unspecified atom stereocenters. The van der Waals surface area contributed by atoms with Gasteiger partial charge in [-0.2, -0.15) is 0 Å². The normalized spacial score (nSPS) is 14.7. The molecule has 1 aliphatic rings. The van der Waals surface area contributed by atoms with Gasteiger partial charge in [0.25, 0.3) is 0 Å². The molecule has 98 valence electrons. The Morgan fingerprint density at radius 3 is 2.63 bits per heavy atom. The molecule has 1 aromatic heterocycles. The second-order valence-electron chi connectivity index (χ2n) is 4.92. The van der Waals surface area contributed by atoms with E-state index in [-0.39, 0.29) is 0 Å². The van der Waals surface area contributed by atoms with Crippen molar-refractivity contribution in [3.63, 3.8) is 0 Å². The maximum absolute atomic E-state index is 8.08. The molecule has 0 bridgehead atoms. The van der Waals surface area contributed by atoms with E-state index < -0.39 is 0 Å². The highest BCUT2D eigenvalue weighted by molar-refractivity contribution is 6.00. The van der Waals surface area contributed by atoms with E-state index >= 15 is 0 Å². The van der Waals surface area contributed by atoms with Gasteiger partial charge in [-0.1, -0.05) is 30.3 Å².